The van der Waals surface area contributed by atoms with Crippen molar-refractivity contribution in [3.63, 3.8) is 0 Å². The van der Waals surface area contributed by atoms with Gasteiger partial charge in [0.2, 0.25) is 11.8 Å². The Kier molecular flexibility index (Phi) is 5.84. The Morgan fingerprint density at radius 1 is 1.18 bits per heavy atom. The number of amides is 2. The molecule has 4 atom stereocenters. The fourth-order valence-corrected chi connectivity index (χ4v) is 8.38. The van der Waals surface area contributed by atoms with E-state index in [4.69, 9.17) is 0 Å². The van der Waals surface area contributed by atoms with E-state index in [1.165, 1.54) is 28.4 Å². The molecule has 2 aliphatic heterocycles. The van der Waals surface area contributed by atoms with Gasteiger partial charge in [-0.1, -0.05) is 54.2 Å². The Morgan fingerprint density at radius 2 is 1.91 bits per heavy atom. The number of hydrogen-bond donors (Lipinski definition) is 2. The van der Waals surface area contributed by atoms with Crippen molar-refractivity contribution >= 4 is 62.9 Å². The quantitative estimate of drug-likeness (QED) is 0.380. The molecule has 33 heavy (non-hydrogen) atoms. The molecule has 2 amide bonds. The molecule has 3 unspecified atom stereocenters. The number of carbonyl (C=O) groups is 3. The monoisotopic (exact) mass is 499 g/mol. The number of para-hydroxylation sites is 1. The first-order valence-corrected chi connectivity index (χ1v) is 13.1. The van der Waals surface area contributed by atoms with Crippen LogP contribution in [0.3, 0.4) is 0 Å². The van der Waals surface area contributed by atoms with Gasteiger partial charge in [0, 0.05) is 5.75 Å². The molecule has 5 rings (SSSR count). The second kappa shape index (κ2) is 8.66. The van der Waals surface area contributed by atoms with Gasteiger partial charge in [-0.2, -0.15) is 0 Å². The number of benzene rings is 2. The molecule has 0 spiro atoms. The number of β-lactam (4-membered cyclic amide) rings is 1. The van der Waals surface area contributed by atoms with Gasteiger partial charge in [-0.15, -0.1) is 23.1 Å². The van der Waals surface area contributed by atoms with Crippen LogP contribution < -0.4 is 5.32 Å². The number of aliphatic carboxylic acids is 1. The highest BCUT2D eigenvalue weighted by Gasteiger charge is 2.65. The van der Waals surface area contributed by atoms with Crippen molar-refractivity contribution in [2.24, 2.45) is 0 Å². The van der Waals surface area contributed by atoms with Crippen LogP contribution in [-0.2, 0) is 20.8 Å². The maximum atomic E-state index is 12.8. The molecular weight excluding hydrogens is 478 g/mol. The maximum absolute atomic E-state index is 12.8. The topological polar surface area (TPSA) is 99.6 Å². The second-order valence-corrected chi connectivity index (χ2v) is 12.2. The highest BCUT2D eigenvalue weighted by atomic mass is 32.2. The van der Waals surface area contributed by atoms with E-state index in [1.807, 2.05) is 61.5 Å². The molecule has 3 heterocycles. The highest BCUT2D eigenvalue weighted by Crippen LogP contribution is 2.53. The molecule has 1 aromatic heterocycles. The fraction of sp³-hybridized carbons (Fsp3) is 0.304. The van der Waals surface area contributed by atoms with Gasteiger partial charge < -0.3 is 15.3 Å². The van der Waals surface area contributed by atoms with Gasteiger partial charge in [-0.3, -0.25) is 9.59 Å². The van der Waals surface area contributed by atoms with Crippen molar-refractivity contribution in [1.82, 2.24) is 15.2 Å². The number of carboxylic acids is 1. The van der Waals surface area contributed by atoms with E-state index < -0.39 is 22.8 Å². The van der Waals surface area contributed by atoms with Crippen LogP contribution in [0.25, 0.3) is 10.2 Å². The van der Waals surface area contributed by atoms with Crippen molar-refractivity contribution in [3.05, 3.63) is 60.2 Å². The average Bonchev–Trinajstić information content (AvgIpc) is 3.34. The Bertz CT molecular complexity index is 1200. The summed E-state index contributed by atoms with van der Waals surface area (Å²) < 4.78 is 1.24. The van der Waals surface area contributed by atoms with Crippen molar-refractivity contribution in [2.75, 3.05) is 5.75 Å². The average molecular weight is 500 g/mol. The van der Waals surface area contributed by atoms with Crippen molar-refractivity contribution in [1.29, 1.82) is 0 Å². The lowest BCUT2D eigenvalue weighted by Crippen LogP contribution is -2.70. The molecule has 10 heteroatoms. The zero-order valence-corrected chi connectivity index (χ0v) is 20.1. The van der Waals surface area contributed by atoms with E-state index in [0.717, 1.165) is 20.1 Å². The minimum atomic E-state index is -1.03. The first-order valence-electron chi connectivity index (χ1n) is 10.4. The molecule has 0 bridgehead atoms. The summed E-state index contributed by atoms with van der Waals surface area (Å²) in [5.74, 6) is -1.13. The van der Waals surface area contributed by atoms with E-state index in [0.29, 0.717) is 5.75 Å². The Balaban J connectivity index is 1.28. The lowest BCUT2D eigenvalue weighted by molar-refractivity contribution is -0.161. The normalized spacial score (nSPS) is 26.2. The number of hydrogen-bond acceptors (Lipinski definition) is 7. The van der Waals surface area contributed by atoms with E-state index >= 15 is 0 Å². The molecule has 0 saturated carbocycles. The zero-order chi connectivity index (χ0) is 23.2. The van der Waals surface area contributed by atoms with Crippen LogP contribution in [0, 0.1) is 0 Å². The van der Waals surface area contributed by atoms with Gasteiger partial charge in [0.15, 0.2) is 4.34 Å². The number of aromatic nitrogens is 1. The zero-order valence-electron chi connectivity index (χ0n) is 17.6. The number of thiazole rings is 1. The first kappa shape index (κ1) is 22.2. The summed E-state index contributed by atoms with van der Waals surface area (Å²) in [7, 11) is 0. The minimum absolute atomic E-state index is 0.176. The summed E-state index contributed by atoms with van der Waals surface area (Å²) in [6.07, 6.45) is 0.176. The number of rotatable bonds is 7. The standard InChI is InChI=1S/C23H21N3O4S3/c1-23(12-31-22-24-14-9-5-6-10-15(14)32-22)18(21(29)30)26-19(28)17(20(26)33-23)25-16(27)11-13-7-3-2-4-8-13/h2-10,17-18,20H,11-12H2,1H3,(H,25,27)(H,29,30)/t17?,18?,20-,23?/m1/s1. The fourth-order valence-electron chi connectivity index (χ4n) is 4.27. The summed E-state index contributed by atoms with van der Waals surface area (Å²) in [6.45, 7) is 1.88. The van der Waals surface area contributed by atoms with Gasteiger partial charge in [-0.05, 0) is 24.6 Å². The third kappa shape index (κ3) is 4.11. The predicted molar refractivity (Wildman–Crippen MR) is 130 cm³/mol. The van der Waals surface area contributed by atoms with Crippen molar-refractivity contribution < 1.29 is 19.5 Å². The molecule has 0 radical (unpaired) electrons. The third-order valence-corrected chi connectivity index (χ3v) is 10.2. The molecule has 2 N–H and O–H groups in total. The van der Waals surface area contributed by atoms with Gasteiger partial charge >= 0.3 is 5.97 Å². The number of carbonyl (C=O) groups excluding carboxylic acids is 2. The minimum Gasteiger partial charge on any atom is -0.480 e. The van der Waals surface area contributed by atoms with E-state index in [9.17, 15) is 19.5 Å². The first-order chi connectivity index (χ1) is 15.9. The van der Waals surface area contributed by atoms with Crippen LogP contribution in [0.4, 0.5) is 0 Å². The number of nitrogens with one attached hydrogen (secondary N) is 1. The van der Waals surface area contributed by atoms with Gasteiger partial charge in [0.25, 0.3) is 0 Å². The summed E-state index contributed by atoms with van der Waals surface area (Å²) in [5.41, 5.74) is 1.78. The molecule has 2 aromatic carbocycles. The second-order valence-electron chi connectivity index (χ2n) is 8.25. The maximum Gasteiger partial charge on any atom is 0.327 e. The molecule has 2 saturated heterocycles. The molecule has 2 aliphatic rings. The predicted octanol–water partition coefficient (Wildman–Crippen LogP) is 3.24. The van der Waals surface area contributed by atoms with Crippen LogP contribution >= 0.6 is 34.9 Å². The number of carboxylic acid groups (broad SMARTS) is 1. The van der Waals surface area contributed by atoms with Gasteiger partial charge in [0.1, 0.15) is 17.5 Å². The van der Waals surface area contributed by atoms with Crippen LogP contribution in [0.1, 0.15) is 12.5 Å². The SMILES string of the molecule is CC1(CSc2nc3ccccc3s2)S[C@@H]2C(NC(=O)Cc3ccccc3)C(=O)N2C1C(=O)O. The van der Waals surface area contributed by atoms with Crippen molar-refractivity contribution in [3.8, 4) is 0 Å². The third-order valence-electron chi connectivity index (χ3n) is 5.84. The van der Waals surface area contributed by atoms with Crippen LogP contribution in [0.2, 0.25) is 0 Å². The van der Waals surface area contributed by atoms with E-state index in [2.05, 4.69) is 10.3 Å². The Labute approximate surface area is 203 Å². The Hall–Kier alpha value is -2.56. The summed E-state index contributed by atoms with van der Waals surface area (Å²) >= 11 is 4.54. The smallest absolute Gasteiger partial charge is 0.327 e. The van der Waals surface area contributed by atoms with Crippen molar-refractivity contribution in [2.45, 2.75) is 39.9 Å². The lowest BCUT2D eigenvalue weighted by Gasteiger charge is -2.43. The highest BCUT2D eigenvalue weighted by molar-refractivity contribution is 8.05. The summed E-state index contributed by atoms with van der Waals surface area (Å²) in [4.78, 5) is 43.5. The van der Waals surface area contributed by atoms with Crippen LogP contribution in [-0.4, -0.2) is 60.7 Å². The lowest BCUT2D eigenvalue weighted by atomic mass is 9.95. The number of fused-ring (bicyclic) bond motifs is 2. The van der Waals surface area contributed by atoms with Gasteiger partial charge in [-0.25, -0.2) is 9.78 Å². The molecular formula is C23H21N3O4S3. The van der Waals surface area contributed by atoms with Gasteiger partial charge in [0.05, 0.1) is 21.4 Å². The number of nitrogens with zero attached hydrogens (tertiary/aromatic N) is 2. The number of thioether (sulfide) groups is 2. The van der Waals surface area contributed by atoms with Crippen LogP contribution in [0.15, 0.2) is 58.9 Å². The largest absolute Gasteiger partial charge is 0.480 e. The molecule has 7 nitrogen and oxygen atoms in total. The molecule has 2 fully saturated rings. The summed E-state index contributed by atoms with van der Waals surface area (Å²) in [6, 6.07) is 15.5. The van der Waals surface area contributed by atoms with E-state index in [1.54, 1.807) is 11.3 Å². The van der Waals surface area contributed by atoms with E-state index in [-0.39, 0.29) is 23.6 Å². The Morgan fingerprint density at radius 3 is 2.64 bits per heavy atom. The molecule has 0 aliphatic carbocycles. The molecule has 3 aromatic rings. The molecule has 170 valence electrons. The summed E-state index contributed by atoms with van der Waals surface area (Å²) in [5, 5.41) is 12.4. The van der Waals surface area contributed by atoms with Crippen LogP contribution in [0.5, 0.6) is 0 Å².